The molecule has 0 aromatic carbocycles. The fraction of sp³-hybridized carbons (Fsp3) is 0.615. The fourth-order valence-corrected chi connectivity index (χ4v) is 4.77. The molecule has 0 N–H and O–H groups in total. The molecule has 0 aliphatic carbocycles. The Hall–Kier alpha value is -1.02. The van der Waals surface area contributed by atoms with Crippen LogP contribution in [-0.4, -0.2) is 37.7 Å². The molecule has 1 aromatic rings. The van der Waals surface area contributed by atoms with Crippen molar-refractivity contribution < 1.29 is 9.13 Å². The molecule has 116 valence electrons. The number of aromatic nitrogens is 1. The summed E-state index contributed by atoms with van der Waals surface area (Å²) in [6.45, 7) is 5.12. The Balaban J connectivity index is 2.39. The number of pyridine rings is 1. The van der Waals surface area contributed by atoms with Crippen LogP contribution in [0.1, 0.15) is 26.7 Å². The number of hydrogen-bond donors (Lipinski definition) is 0. The number of nitrogens with zero attached hydrogens (tertiary/aromatic N) is 3. The topological polar surface area (TPSA) is 76.3 Å². The van der Waals surface area contributed by atoms with Gasteiger partial charge < -0.3 is 4.90 Å². The molecule has 1 aliphatic heterocycles. The van der Waals surface area contributed by atoms with Gasteiger partial charge in [-0.3, -0.25) is 14.3 Å². The molecule has 8 heteroatoms. The molecular formula is C13H18BrN3O3S. The predicted octanol–water partition coefficient (Wildman–Crippen LogP) is 2.88. The maximum Gasteiger partial charge on any atom is 0.312 e. The van der Waals surface area contributed by atoms with E-state index in [-0.39, 0.29) is 10.4 Å². The Labute approximate surface area is 134 Å². The van der Waals surface area contributed by atoms with E-state index in [0.717, 1.165) is 12.8 Å². The van der Waals surface area contributed by atoms with Gasteiger partial charge in [-0.15, -0.1) is 0 Å². The summed E-state index contributed by atoms with van der Waals surface area (Å²) < 4.78 is 12.6. The molecule has 1 atom stereocenters. The average molecular weight is 376 g/mol. The molecule has 0 amide bonds. The summed E-state index contributed by atoms with van der Waals surface area (Å²) in [7, 11) is -0.901. The van der Waals surface area contributed by atoms with Gasteiger partial charge in [-0.25, -0.2) is 4.98 Å². The lowest BCUT2D eigenvalue weighted by Crippen LogP contribution is -2.53. The van der Waals surface area contributed by atoms with Crippen LogP contribution in [0.4, 0.5) is 11.5 Å². The number of hydrogen-bond acceptors (Lipinski definition) is 5. The van der Waals surface area contributed by atoms with Crippen molar-refractivity contribution in [3.8, 4) is 0 Å². The molecule has 1 unspecified atom stereocenters. The van der Waals surface area contributed by atoms with Crippen LogP contribution < -0.4 is 4.90 Å². The highest BCUT2D eigenvalue weighted by molar-refractivity contribution is 9.10. The Kier molecular flexibility index (Phi) is 4.98. The molecule has 1 aromatic heterocycles. The van der Waals surface area contributed by atoms with Crippen molar-refractivity contribution in [1.82, 2.24) is 4.98 Å². The van der Waals surface area contributed by atoms with E-state index in [1.807, 2.05) is 18.7 Å². The van der Waals surface area contributed by atoms with Crippen molar-refractivity contribution >= 4 is 38.2 Å². The van der Waals surface area contributed by atoms with E-state index in [0.29, 0.717) is 29.1 Å². The SMILES string of the molecule is CCC1(CC)CN(c2ncc(Br)cc2[N+](=O)[O-])CCS1=O. The van der Waals surface area contributed by atoms with Crippen molar-refractivity contribution in [2.24, 2.45) is 0 Å². The van der Waals surface area contributed by atoms with E-state index in [1.165, 1.54) is 6.07 Å². The smallest absolute Gasteiger partial charge is 0.312 e. The largest absolute Gasteiger partial charge is 0.348 e. The zero-order chi connectivity index (χ0) is 15.6. The van der Waals surface area contributed by atoms with Crippen LogP contribution in [0.5, 0.6) is 0 Å². The van der Waals surface area contributed by atoms with E-state index in [2.05, 4.69) is 20.9 Å². The number of halogens is 1. The normalized spacial score (nSPS) is 21.3. The van der Waals surface area contributed by atoms with Crippen LogP contribution in [0.3, 0.4) is 0 Å². The summed E-state index contributed by atoms with van der Waals surface area (Å²) >= 11 is 3.21. The van der Waals surface area contributed by atoms with Gasteiger partial charge in [0.2, 0.25) is 5.82 Å². The Bertz CT molecular complexity index is 578. The quantitative estimate of drug-likeness (QED) is 0.597. The first-order valence-corrected chi connectivity index (χ1v) is 8.98. The summed E-state index contributed by atoms with van der Waals surface area (Å²) in [5, 5.41) is 11.2. The van der Waals surface area contributed by atoms with Gasteiger partial charge >= 0.3 is 5.69 Å². The molecule has 1 saturated heterocycles. The fourth-order valence-electron chi connectivity index (χ4n) is 2.68. The number of nitro groups is 1. The second-order valence-electron chi connectivity index (χ2n) is 5.11. The van der Waals surface area contributed by atoms with Crippen LogP contribution in [0.25, 0.3) is 0 Å². The minimum Gasteiger partial charge on any atom is -0.348 e. The molecule has 1 aliphatic rings. The van der Waals surface area contributed by atoms with Crippen molar-refractivity contribution in [3.05, 3.63) is 26.9 Å². The molecule has 0 spiro atoms. The summed E-state index contributed by atoms with van der Waals surface area (Å²) in [6, 6.07) is 1.47. The molecule has 1 fully saturated rings. The Morgan fingerprint density at radius 2 is 2.19 bits per heavy atom. The highest BCUT2D eigenvalue weighted by atomic mass is 79.9. The first-order valence-electron chi connectivity index (χ1n) is 6.87. The van der Waals surface area contributed by atoms with Gasteiger partial charge in [0, 0.05) is 46.4 Å². The third kappa shape index (κ3) is 3.11. The average Bonchev–Trinajstić information content (AvgIpc) is 2.48. The summed E-state index contributed by atoms with van der Waals surface area (Å²) in [6.07, 6.45) is 3.14. The lowest BCUT2D eigenvalue weighted by molar-refractivity contribution is -0.384. The lowest BCUT2D eigenvalue weighted by Gasteiger charge is -2.41. The third-order valence-corrected chi connectivity index (χ3v) is 6.77. The minimum atomic E-state index is -0.901. The zero-order valence-electron chi connectivity index (χ0n) is 12.0. The van der Waals surface area contributed by atoms with Gasteiger partial charge in [0.25, 0.3) is 0 Å². The maximum absolute atomic E-state index is 12.4. The predicted molar refractivity (Wildman–Crippen MR) is 87.1 cm³/mol. The Morgan fingerprint density at radius 1 is 1.52 bits per heavy atom. The number of anilines is 1. The summed E-state index contributed by atoms with van der Waals surface area (Å²) in [5.41, 5.74) is -0.0156. The molecule has 2 heterocycles. The second kappa shape index (κ2) is 6.39. The molecular weight excluding hydrogens is 358 g/mol. The van der Waals surface area contributed by atoms with Gasteiger partial charge in [0.1, 0.15) is 0 Å². The maximum atomic E-state index is 12.4. The first-order chi connectivity index (χ1) is 9.93. The van der Waals surface area contributed by atoms with Gasteiger partial charge in [-0.2, -0.15) is 0 Å². The van der Waals surface area contributed by atoms with Gasteiger partial charge in [0.15, 0.2) is 0 Å². The highest BCUT2D eigenvalue weighted by Gasteiger charge is 2.40. The third-order valence-electron chi connectivity index (χ3n) is 4.11. The highest BCUT2D eigenvalue weighted by Crippen LogP contribution is 2.35. The van der Waals surface area contributed by atoms with Crippen LogP contribution in [0, 0.1) is 10.1 Å². The van der Waals surface area contributed by atoms with Crippen molar-refractivity contribution in [3.63, 3.8) is 0 Å². The summed E-state index contributed by atoms with van der Waals surface area (Å²) in [4.78, 5) is 16.9. The molecule has 0 radical (unpaired) electrons. The molecule has 0 saturated carbocycles. The van der Waals surface area contributed by atoms with Crippen molar-refractivity contribution in [2.75, 3.05) is 23.7 Å². The first kappa shape index (κ1) is 16.4. The Morgan fingerprint density at radius 3 is 2.76 bits per heavy atom. The van der Waals surface area contributed by atoms with Crippen molar-refractivity contribution in [1.29, 1.82) is 0 Å². The van der Waals surface area contributed by atoms with Gasteiger partial charge in [-0.05, 0) is 28.8 Å². The lowest BCUT2D eigenvalue weighted by atomic mass is 10.0. The minimum absolute atomic E-state index is 0.0156. The van der Waals surface area contributed by atoms with E-state index < -0.39 is 15.7 Å². The van der Waals surface area contributed by atoms with Crippen LogP contribution in [0.2, 0.25) is 0 Å². The molecule has 0 bridgehead atoms. The number of rotatable bonds is 4. The van der Waals surface area contributed by atoms with E-state index in [1.54, 1.807) is 6.20 Å². The van der Waals surface area contributed by atoms with Crippen LogP contribution >= 0.6 is 15.9 Å². The second-order valence-corrected chi connectivity index (χ2v) is 8.00. The molecule has 21 heavy (non-hydrogen) atoms. The van der Waals surface area contributed by atoms with Crippen molar-refractivity contribution in [2.45, 2.75) is 31.4 Å². The van der Waals surface area contributed by atoms with Crippen LogP contribution in [0.15, 0.2) is 16.7 Å². The van der Waals surface area contributed by atoms with E-state index >= 15 is 0 Å². The standard InChI is InChI=1S/C13H18BrN3O3S/c1-3-13(4-2)9-16(5-6-21(13)20)12-11(17(18)19)7-10(14)8-15-12/h7-8H,3-6,9H2,1-2H3. The molecule has 6 nitrogen and oxygen atoms in total. The molecule has 2 rings (SSSR count). The van der Waals surface area contributed by atoms with Crippen LogP contribution in [-0.2, 0) is 10.8 Å². The van der Waals surface area contributed by atoms with Gasteiger partial charge in [-0.1, -0.05) is 13.8 Å². The monoisotopic (exact) mass is 375 g/mol. The summed E-state index contributed by atoms with van der Waals surface area (Å²) in [5.74, 6) is 0.891. The zero-order valence-corrected chi connectivity index (χ0v) is 14.4. The van der Waals surface area contributed by atoms with E-state index in [9.17, 15) is 14.3 Å². The van der Waals surface area contributed by atoms with E-state index in [4.69, 9.17) is 0 Å². The van der Waals surface area contributed by atoms with Gasteiger partial charge in [0.05, 0.1) is 9.67 Å².